The van der Waals surface area contributed by atoms with Crippen LogP contribution >= 0.6 is 0 Å². The van der Waals surface area contributed by atoms with E-state index < -0.39 is 6.04 Å². The van der Waals surface area contributed by atoms with Crippen LogP contribution in [0.1, 0.15) is 17.2 Å². The first-order valence-corrected chi connectivity index (χ1v) is 9.81. The summed E-state index contributed by atoms with van der Waals surface area (Å²) in [5.41, 5.74) is 2.09. The van der Waals surface area contributed by atoms with Crippen LogP contribution in [-0.4, -0.2) is 68.6 Å². The van der Waals surface area contributed by atoms with Gasteiger partial charge in [0.2, 0.25) is 0 Å². The Morgan fingerprint density at radius 1 is 0.966 bits per heavy atom. The van der Waals surface area contributed by atoms with Crippen molar-refractivity contribution < 1.29 is 4.79 Å². The van der Waals surface area contributed by atoms with Crippen LogP contribution in [0.4, 0.5) is 0 Å². The van der Waals surface area contributed by atoms with Gasteiger partial charge < -0.3 is 4.90 Å². The summed E-state index contributed by atoms with van der Waals surface area (Å²) in [6, 6.07) is 19.4. The van der Waals surface area contributed by atoms with Crippen molar-refractivity contribution in [1.82, 2.24) is 30.0 Å². The van der Waals surface area contributed by atoms with E-state index in [1.54, 1.807) is 0 Å². The molecule has 1 aliphatic heterocycles. The molecule has 1 saturated heterocycles. The van der Waals surface area contributed by atoms with Crippen molar-refractivity contribution in [2.24, 2.45) is 0 Å². The molecule has 3 aromatic rings. The van der Waals surface area contributed by atoms with Crippen LogP contribution < -0.4 is 0 Å². The maximum atomic E-state index is 13.3. The summed E-state index contributed by atoms with van der Waals surface area (Å²) in [6.45, 7) is 3.98. The molecule has 2 heterocycles. The summed E-state index contributed by atoms with van der Waals surface area (Å²) < 4.78 is 1.53. The molecule has 0 unspecified atom stereocenters. The molecule has 4 rings (SSSR count). The average Bonchev–Trinajstić information content (AvgIpc) is 3.30. The molecule has 7 heteroatoms. The minimum Gasteiger partial charge on any atom is -0.338 e. The lowest BCUT2D eigenvalue weighted by Crippen LogP contribution is -2.50. The van der Waals surface area contributed by atoms with Crippen molar-refractivity contribution in [1.29, 1.82) is 0 Å². The zero-order valence-corrected chi connectivity index (χ0v) is 16.2. The number of nitrogens with zero attached hydrogens (tertiary/aromatic N) is 6. The molecule has 2 aromatic carbocycles. The van der Waals surface area contributed by atoms with Gasteiger partial charge in [-0.15, -0.1) is 5.10 Å². The summed E-state index contributed by atoms with van der Waals surface area (Å²) in [5.74, 6) is 0.0305. The molecule has 0 spiro atoms. The fourth-order valence-corrected chi connectivity index (χ4v) is 3.56. The summed E-state index contributed by atoms with van der Waals surface area (Å²) in [6.07, 6.45) is 5.82. The molecule has 7 nitrogen and oxygen atoms in total. The zero-order valence-electron chi connectivity index (χ0n) is 16.2. The minimum absolute atomic E-state index is 0.0305. The van der Waals surface area contributed by atoms with E-state index in [0.717, 1.165) is 25.2 Å². The summed E-state index contributed by atoms with van der Waals surface area (Å²) >= 11 is 0. The zero-order chi connectivity index (χ0) is 19.9. The molecular weight excluding hydrogens is 364 g/mol. The van der Waals surface area contributed by atoms with Crippen LogP contribution in [0.3, 0.4) is 0 Å². The third kappa shape index (κ3) is 4.75. The van der Waals surface area contributed by atoms with E-state index in [0.29, 0.717) is 13.1 Å². The fraction of sp³-hybridized carbons (Fsp3) is 0.273. The lowest BCUT2D eigenvalue weighted by atomic mass is 10.1. The van der Waals surface area contributed by atoms with E-state index in [-0.39, 0.29) is 5.91 Å². The van der Waals surface area contributed by atoms with Crippen LogP contribution in [0.15, 0.2) is 73.1 Å². The number of tetrazole rings is 1. The number of piperazine rings is 1. The van der Waals surface area contributed by atoms with Gasteiger partial charge in [-0.25, -0.2) is 4.68 Å². The summed E-state index contributed by atoms with van der Waals surface area (Å²) in [7, 11) is 0. The van der Waals surface area contributed by atoms with Crippen LogP contribution in [0.2, 0.25) is 0 Å². The number of hydrogen-bond donors (Lipinski definition) is 0. The minimum atomic E-state index is -0.532. The third-order valence-electron chi connectivity index (χ3n) is 5.14. The Morgan fingerprint density at radius 2 is 1.66 bits per heavy atom. The monoisotopic (exact) mass is 388 g/mol. The van der Waals surface area contributed by atoms with Gasteiger partial charge in [0.15, 0.2) is 6.04 Å². The molecule has 0 aliphatic carbocycles. The Bertz CT molecular complexity index is 918. The Morgan fingerprint density at radius 3 is 2.31 bits per heavy atom. The molecule has 1 amide bonds. The van der Waals surface area contributed by atoms with E-state index in [4.69, 9.17) is 0 Å². The number of benzene rings is 2. The smallest absolute Gasteiger partial charge is 0.252 e. The van der Waals surface area contributed by atoms with Crippen molar-refractivity contribution in [3.8, 4) is 0 Å². The number of carbonyl (C=O) groups excluding carboxylic acids is 1. The van der Waals surface area contributed by atoms with Crippen LogP contribution in [-0.2, 0) is 4.79 Å². The van der Waals surface area contributed by atoms with Gasteiger partial charge in [-0.1, -0.05) is 72.8 Å². The molecule has 1 fully saturated rings. The van der Waals surface area contributed by atoms with Gasteiger partial charge in [0.1, 0.15) is 6.33 Å². The summed E-state index contributed by atoms with van der Waals surface area (Å²) in [5, 5.41) is 11.4. The van der Waals surface area contributed by atoms with Gasteiger partial charge in [-0.05, 0) is 21.6 Å². The molecule has 148 valence electrons. The first-order chi connectivity index (χ1) is 14.3. The molecule has 0 radical (unpaired) electrons. The third-order valence-corrected chi connectivity index (χ3v) is 5.14. The molecule has 1 atom stereocenters. The Labute approximate surface area is 170 Å². The molecular formula is C22H24N6O. The highest BCUT2D eigenvalue weighted by Crippen LogP contribution is 2.20. The second-order valence-corrected chi connectivity index (χ2v) is 7.04. The van der Waals surface area contributed by atoms with E-state index in [2.05, 4.69) is 44.7 Å². The number of hydrogen-bond acceptors (Lipinski definition) is 5. The second-order valence-electron chi connectivity index (χ2n) is 7.04. The molecule has 0 N–H and O–H groups in total. The number of aromatic nitrogens is 4. The molecule has 1 aliphatic rings. The first kappa shape index (κ1) is 19.0. The highest BCUT2D eigenvalue weighted by Gasteiger charge is 2.30. The van der Waals surface area contributed by atoms with Gasteiger partial charge in [-0.2, -0.15) is 0 Å². The number of carbonyl (C=O) groups is 1. The summed E-state index contributed by atoms with van der Waals surface area (Å²) in [4.78, 5) is 17.6. The Balaban J connectivity index is 1.37. The average molecular weight is 388 g/mol. The van der Waals surface area contributed by atoms with Crippen molar-refractivity contribution >= 4 is 12.0 Å². The van der Waals surface area contributed by atoms with Gasteiger partial charge >= 0.3 is 0 Å². The Hall–Kier alpha value is -3.32. The Kier molecular flexibility index (Phi) is 6.07. The molecule has 1 aromatic heterocycles. The van der Waals surface area contributed by atoms with Gasteiger partial charge in [0, 0.05) is 32.7 Å². The fourth-order valence-electron chi connectivity index (χ4n) is 3.56. The van der Waals surface area contributed by atoms with E-state index >= 15 is 0 Å². The lowest BCUT2D eigenvalue weighted by Gasteiger charge is -2.35. The van der Waals surface area contributed by atoms with Gasteiger partial charge in [0.05, 0.1) is 0 Å². The van der Waals surface area contributed by atoms with Crippen molar-refractivity contribution in [2.45, 2.75) is 6.04 Å². The van der Waals surface area contributed by atoms with E-state index in [1.165, 1.54) is 16.6 Å². The highest BCUT2D eigenvalue weighted by molar-refractivity contribution is 5.83. The topological polar surface area (TPSA) is 67.2 Å². The SMILES string of the molecule is O=C([C@@H](c1ccccc1)n1cnnn1)N1CCN(C/C=C/c2ccccc2)CC1. The van der Waals surface area contributed by atoms with Gasteiger partial charge in [0.25, 0.3) is 5.91 Å². The van der Waals surface area contributed by atoms with Crippen molar-refractivity contribution in [2.75, 3.05) is 32.7 Å². The van der Waals surface area contributed by atoms with Crippen LogP contribution in [0.25, 0.3) is 6.08 Å². The maximum Gasteiger partial charge on any atom is 0.252 e. The lowest BCUT2D eigenvalue weighted by molar-refractivity contribution is -0.135. The largest absolute Gasteiger partial charge is 0.338 e. The van der Waals surface area contributed by atoms with Crippen LogP contribution in [0.5, 0.6) is 0 Å². The highest BCUT2D eigenvalue weighted by atomic mass is 16.2. The maximum absolute atomic E-state index is 13.3. The molecule has 0 bridgehead atoms. The van der Waals surface area contributed by atoms with Gasteiger partial charge in [-0.3, -0.25) is 9.69 Å². The van der Waals surface area contributed by atoms with E-state index in [9.17, 15) is 4.79 Å². The first-order valence-electron chi connectivity index (χ1n) is 9.81. The van der Waals surface area contributed by atoms with E-state index in [1.807, 2.05) is 53.4 Å². The quantitative estimate of drug-likeness (QED) is 0.647. The van der Waals surface area contributed by atoms with Crippen molar-refractivity contribution in [3.05, 3.63) is 84.2 Å². The predicted molar refractivity (Wildman–Crippen MR) is 111 cm³/mol. The number of amides is 1. The normalized spacial score (nSPS) is 16.2. The second kappa shape index (κ2) is 9.25. The van der Waals surface area contributed by atoms with Crippen molar-refractivity contribution in [3.63, 3.8) is 0 Å². The standard InChI is InChI=1S/C22H24N6O/c29-22(21(28-18-23-24-25-28)20-11-5-2-6-12-20)27-16-14-26(15-17-27)13-7-10-19-8-3-1-4-9-19/h1-12,18,21H,13-17H2/b10-7+/t21-/m1/s1. The van der Waals surface area contributed by atoms with Crippen LogP contribution in [0, 0.1) is 0 Å². The number of rotatable bonds is 6. The predicted octanol–water partition coefficient (Wildman–Crippen LogP) is 2.12. The molecule has 0 saturated carbocycles. The molecule has 29 heavy (non-hydrogen) atoms.